The van der Waals surface area contributed by atoms with Crippen molar-refractivity contribution in [1.82, 2.24) is 19.9 Å². The fraction of sp³-hybridized carbons (Fsp3) is 0.200. The third-order valence-electron chi connectivity index (χ3n) is 4.47. The molecule has 154 valence electrons. The van der Waals surface area contributed by atoms with Gasteiger partial charge in [-0.25, -0.2) is 9.78 Å². The first-order chi connectivity index (χ1) is 14.5. The lowest BCUT2D eigenvalue weighted by Gasteiger charge is -2.09. The van der Waals surface area contributed by atoms with Crippen LogP contribution in [0, 0.1) is 0 Å². The number of aromatic amines is 1. The normalized spacial score (nSPS) is 11.0. The molecule has 0 aliphatic carbocycles. The third kappa shape index (κ3) is 3.44. The average Bonchev–Trinajstić information content (AvgIpc) is 3.12. The number of carboxylic acid groups (broad SMARTS) is 1. The lowest BCUT2D eigenvalue weighted by Crippen LogP contribution is -2.07. The molecule has 10 heteroatoms. The number of carbonyl (C=O) groups is 1. The summed E-state index contributed by atoms with van der Waals surface area (Å²) in [6, 6.07) is 7.03. The minimum Gasteiger partial charge on any atom is -0.481 e. The molecule has 0 radical (unpaired) electrons. The topological polar surface area (TPSA) is 129 Å². The molecule has 0 saturated carbocycles. The molecule has 30 heavy (non-hydrogen) atoms. The Hall–Kier alpha value is -3.92. The molecule has 2 N–H and O–H groups in total. The van der Waals surface area contributed by atoms with Crippen molar-refractivity contribution in [3.63, 3.8) is 0 Å². The van der Waals surface area contributed by atoms with E-state index in [1.54, 1.807) is 12.1 Å². The molecule has 4 aromatic rings. The van der Waals surface area contributed by atoms with Crippen LogP contribution in [0.15, 0.2) is 30.5 Å². The predicted molar refractivity (Wildman–Crippen MR) is 106 cm³/mol. The van der Waals surface area contributed by atoms with E-state index < -0.39 is 5.97 Å². The first kappa shape index (κ1) is 19.4. The van der Waals surface area contributed by atoms with Crippen molar-refractivity contribution >= 4 is 27.8 Å². The smallest absolute Gasteiger partial charge is 0.354 e. The highest BCUT2D eigenvalue weighted by Gasteiger charge is 2.19. The Balaban J connectivity index is 1.85. The van der Waals surface area contributed by atoms with Crippen LogP contribution >= 0.6 is 0 Å². The van der Waals surface area contributed by atoms with Crippen LogP contribution in [0.5, 0.6) is 23.5 Å². The average molecular weight is 410 g/mol. The van der Waals surface area contributed by atoms with Gasteiger partial charge in [0.15, 0.2) is 5.69 Å². The number of nitrogens with zero attached hydrogens (tertiary/aromatic N) is 3. The van der Waals surface area contributed by atoms with E-state index in [2.05, 4.69) is 19.9 Å². The minimum absolute atomic E-state index is 0.0538. The maximum atomic E-state index is 11.6. The van der Waals surface area contributed by atoms with Crippen LogP contribution in [-0.4, -0.2) is 52.3 Å². The molecule has 3 aromatic heterocycles. The van der Waals surface area contributed by atoms with Crippen molar-refractivity contribution in [2.75, 3.05) is 21.3 Å². The molecule has 0 bridgehead atoms. The molecule has 0 unspecified atom stereocenters. The largest absolute Gasteiger partial charge is 0.481 e. The van der Waals surface area contributed by atoms with Crippen LogP contribution in [0.2, 0.25) is 0 Å². The zero-order valence-corrected chi connectivity index (χ0v) is 16.4. The number of aromatic carboxylic acids is 1. The van der Waals surface area contributed by atoms with E-state index in [9.17, 15) is 9.90 Å². The molecule has 0 spiro atoms. The number of nitrogens with one attached hydrogen (secondary N) is 1. The number of methoxy groups -OCH3 is 3. The van der Waals surface area contributed by atoms with Gasteiger partial charge >= 0.3 is 12.0 Å². The standard InChI is InChI=1S/C20H18N4O6/c1-27-9-12-17-11-6-10(30-16-7-15(28-2)23-20(24-16)29-3)4-5-13(11)22-14(17)8-21-18(12)19(25)26/h4-8,22H,9H2,1-3H3,(H,25,26). The summed E-state index contributed by atoms with van der Waals surface area (Å²) in [7, 11) is 4.43. The van der Waals surface area contributed by atoms with Crippen LogP contribution in [-0.2, 0) is 11.3 Å². The molecule has 4 rings (SSSR count). The Morgan fingerprint density at radius 2 is 1.87 bits per heavy atom. The number of ether oxygens (including phenoxy) is 4. The monoisotopic (exact) mass is 410 g/mol. The number of rotatable bonds is 7. The van der Waals surface area contributed by atoms with Crippen LogP contribution in [0.3, 0.4) is 0 Å². The third-order valence-corrected chi connectivity index (χ3v) is 4.47. The van der Waals surface area contributed by atoms with Crippen molar-refractivity contribution in [2.24, 2.45) is 0 Å². The van der Waals surface area contributed by atoms with E-state index in [0.717, 1.165) is 10.9 Å². The summed E-state index contributed by atoms with van der Waals surface area (Å²) in [5.74, 6) is -0.0957. The van der Waals surface area contributed by atoms with Gasteiger partial charge in [-0.05, 0) is 18.2 Å². The lowest BCUT2D eigenvalue weighted by molar-refractivity contribution is 0.0685. The highest BCUT2D eigenvalue weighted by atomic mass is 16.5. The molecule has 0 amide bonds. The Morgan fingerprint density at radius 1 is 1.07 bits per heavy atom. The van der Waals surface area contributed by atoms with E-state index in [1.807, 2.05) is 6.07 Å². The maximum Gasteiger partial charge on any atom is 0.354 e. The zero-order valence-electron chi connectivity index (χ0n) is 16.4. The minimum atomic E-state index is -1.12. The molecular weight excluding hydrogens is 392 g/mol. The van der Waals surface area contributed by atoms with E-state index in [1.165, 1.54) is 33.6 Å². The maximum absolute atomic E-state index is 11.6. The number of H-pyrrole nitrogens is 1. The van der Waals surface area contributed by atoms with Crippen molar-refractivity contribution in [2.45, 2.75) is 6.61 Å². The molecular formula is C20H18N4O6. The Morgan fingerprint density at radius 3 is 2.57 bits per heavy atom. The zero-order chi connectivity index (χ0) is 21.3. The number of hydrogen-bond acceptors (Lipinski definition) is 8. The summed E-state index contributed by atoms with van der Waals surface area (Å²) in [6.45, 7) is 0.102. The van der Waals surface area contributed by atoms with E-state index in [0.29, 0.717) is 28.1 Å². The summed E-state index contributed by atoms with van der Waals surface area (Å²) in [5, 5.41) is 11.0. The number of hydrogen-bond donors (Lipinski definition) is 2. The molecule has 1 aromatic carbocycles. The quantitative estimate of drug-likeness (QED) is 0.472. The van der Waals surface area contributed by atoms with Gasteiger partial charge in [0.25, 0.3) is 0 Å². The van der Waals surface area contributed by atoms with Crippen molar-refractivity contribution < 1.29 is 28.8 Å². The predicted octanol–water partition coefficient (Wildman–Crippen LogP) is 3.16. The second-order valence-corrected chi connectivity index (χ2v) is 6.28. The number of benzene rings is 1. The van der Waals surface area contributed by atoms with Crippen LogP contribution in [0.4, 0.5) is 0 Å². The summed E-state index contributed by atoms with van der Waals surface area (Å²) in [6.07, 6.45) is 1.50. The molecule has 0 atom stereocenters. The SMILES string of the molecule is COCc1c(C(=O)O)ncc2[nH]c3ccc(Oc4cc(OC)nc(OC)n4)cc3c12. The molecule has 0 fully saturated rings. The second kappa shape index (κ2) is 7.84. The van der Waals surface area contributed by atoms with Gasteiger partial charge < -0.3 is 29.0 Å². The number of pyridine rings is 1. The molecule has 0 aliphatic rings. The van der Waals surface area contributed by atoms with Gasteiger partial charge in [0.05, 0.1) is 38.6 Å². The van der Waals surface area contributed by atoms with Gasteiger partial charge in [-0.1, -0.05) is 0 Å². The van der Waals surface area contributed by atoms with Gasteiger partial charge in [-0.3, -0.25) is 0 Å². The van der Waals surface area contributed by atoms with Crippen LogP contribution in [0.1, 0.15) is 16.1 Å². The molecule has 3 heterocycles. The van der Waals surface area contributed by atoms with Crippen molar-refractivity contribution in [3.05, 3.63) is 41.7 Å². The number of carboxylic acids is 1. The van der Waals surface area contributed by atoms with Gasteiger partial charge in [-0.2, -0.15) is 9.97 Å². The van der Waals surface area contributed by atoms with Crippen molar-refractivity contribution in [3.8, 4) is 23.5 Å². The second-order valence-electron chi connectivity index (χ2n) is 6.28. The fourth-order valence-electron chi connectivity index (χ4n) is 3.22. The first-order valence-corrected chi connectivity index (χ1v) is 8.84. The lowest BCUT2D eigenvalue weighted by atomic mass is 10.1. The highest BCUT2D eigenvalue weighted by molar-refractivity contribution is 6.11. The van der Waals surface area contributed by atoms with Crippen LogP contribution in [0.25, 0.3) is 21.8 Å². The summed E-state index contributed by atoms with van der Waals surface area (Å²) < 4.78 is 21.3. The summed E-state index contributed by atoms with van der Waals surface area (Å²) >= 11 is 0. The van der Waals surface area contributed by atoms with Crippen LogP contribution < -0.4 is 14.2 Å². The highest BCUT2D eigenvalue weighted by Crippen LogP contribution is 2.34. The van der Waals surface area contributed by atoms with E-state index in [4.69, 9.17) is 18.9 Å². The summed E-state index contributed by atoms with van der Waals surface area (Å²) in [5.41, 5.74) is 1.93. The fourth-order valence-corrected chi connectivity index (χ4v) is 3.22. The van der Waals surface area contributed by atoms with Gasteiger partial charge in [0.1, 0.15) is 5.75 Å². The van der Waals surface area contributed by atoms with E-state index >= 15 is 0 Å². The summed E-state index contributed by atoms with van der Waals surface area (Å²) in [4.78, 5) is 27.1. The van der Waals surface area contributed by atoms with Gasteiger partial charge in [0, 0.05) is 29.0 Å². The molecule has 0 saturated heterocycles. The molecule has 10 nitrogen and oxygen atoms in total. The number of aromatic nitrogens is 4. The molecule has 0 aliphatic heterocycles. The Labute approximate surface area is 170 Å². The number of fused-ring (bicyclic) bond motifs is 3. The first-order valence-electron chi connectivity index (χ1n) is 8.84. The van der Waals surface area contributed by atoms with Crippen molar-refractivity contribution in [1.29, 1.82) is 0 Å². The Bertz CT molecular complexity index is 1230. The van der Waals surface area contributed by atoms with Gasteiger partial charge in [0.2, 0.25) is 11.8 Å². The van der Waals surface area contributed by atoms with Gasteiger partial charge in [-0.15, -0.1) is 0 Å². The van der Waals surface area contributed by atoms with E-state index in [-0.39, 0.29) is 24.2 Å². The Kier molecular flexibility index (Phi) is 5.07.